The maximum Gasteiger partial charge on any atom is 0.314 e. The molecule has 0 bridgehead atoms. The highest BCUT2D eigenvalue weighted by Crippen LogP contribution is 2.13. The summed E-state index contributed by atoms with van der Waals surface area (Å²) in [6.07, 6.45) is 2.06. The van der Waals surface area contributed by atoms with Gasteiger partial charge in [-0.1, -0.05) is 0 Å². The number of aliphatic hydroxyl groups is 1. The van der Waals surface area contributed by atoms with Gasteiger partial charge in [-0.15, -0.1) is 0 Å². The highest BCUT2D eigenvalue weighted by Gasteiger charge is 2.24. The van der Waals surface area contributed by atoms with Crippen LogP contribution in [0.3, 0.4) is 0 Å². The Kier molecular flexibility index (Phi) is 4.16. The Morgan fingerprint density at radius 3 is 3.00 bits per heavy atom. The van der Waals surface area contributed by atoms with Crippen molar-refractivity contribution in [2.75, 3.05) is 33.3 Å². The van der Waals surface area contributed by atoms with E-state index in [1.165, 1.54) is 0 Å². The van der Waals surface area contributed by atoms with Crippen LogP contribution in [0.15, 0.2) is 0 Å². The van der Waals surface area contributed by atoms with E-state index < -0.39 is 0 Å². The van der Waals surface area contributed by atoms with E-state index in [-0.39, 0.29) is 12.6 Å². The minimum atomic E-state index is -0.341. The molecule has 5 nitrogen and oxygen atoms in total. The van der Waals surface area contributed by atoms with Crippen LogP contribution in [-0.4, -0.2) is 60.3 Å². The molecule has 1 heterocycles. The zero-order chi connectivity index (χ0) is 10.6. The zero-order valence-corrected chi connectivity index (χ0v) is 8.65. The smallest absolute Gasteiger partial charge is 0.314 e. The third kappa shape index (κ3) is 2.85. The Bertz CT molecular complexity index is 198. The van der Waals surface area contributed by atoms with Crippen LogP contribution in [0.1, 0.15) is 12.8 Å². The molecule has 1 aliphatic rings. The first-order valence-electron chi connectivity index (χ1n) is 5.00. The molecule has 1 atom stereocenters. The molecule has 1 unspecified atom stereocenters. The Morgan fingerprint density at radius 1 is 1.71 bits per heavy atom. The van der Waals surface area contributed by atoms with Gasteiger partial charge >= 0.3 is 6.03 Å². The molecule has 2 amide bonds. The first-order valence-corrected chi connectivity index (χ1v) is 5.00. The molecule has 82 valence electrons. The van der Waals surface area contributed by atoms with E-state index in [1.54, 1.807) is 4.90 Å². The lowest BCUT2D eigenvalue weighted by Gasteiger charge is -2.36. The van der Waals surface area contributed by atoms with Gasteiger partial charge in [0, 0.05) is 25.7 Å². The Balaban J connectivity index is 2.43. The van der Waals surface area contributed by atoms with Crippen molar-refractivity contribution in [3.05, 3.63) is 0 Å². The van der Waals surface area contributed by atoms with Crippen molar-refractivity contribution in [3.63, 3.8) is 0 Å². The summed E-state index contributed by atoms with van der Waals surface area (Å²) in [6, 6.07) is -0.00417. The second kappa shape index (κ2) is 5.17. The van der Waals surface area contributed by atoms with Crippen LogP contribution in [0.2, 0.25) is 0 Å². The number of aliphatic hydroxyl groups excluding tert-OH is 1. The summed E-state index contributed by atoms with van der Waals surface area (Å²) in [5, 5.41) is 8.80. The molecule has 3 N–H and O–H groups in total. The quantitative estimate of drug-likeness (QED) is 0.644. The number of hydrogen-bond acceptors (Lipinski definition) is 3. The van der Waals surface area contributed by atoms with Crippen LogP contribution in [0.4, 0.5) is 4.79 Å². The van der Waals surface area contributed by atoms with Gasteiger partial charge in [-0.25, -0.2) is 4.79 Å². The SMILES string of the molecule is CN(CCO)C1CCCN(C(N)=O)C1. The number of likely N-dealkylation sites (tertiary alicyclic amines) is 1. The van der Waals surface area contributed by atoms with Gasteiger partial charge in [0.15, 0.2) is 0 Å². The molecule has 0 aromatic heterocycles. The second-order valence-electron chi connectivity index (χ2n) is 3.78. The third-order valence-electron chi connectivity index (χ3n) is 2.78. The molecule has 1 saturated heterocycles. The van der Waals surface area contributed by atoms with Crippen LogP contribution in [-0.2, 0) is 0 Å². The molecule has 1 fully saturated rings. The standard InChI is InChI=1S/C9H19N3O2/c1-11(5-6-13)8-3-2-4-12(7-8)9(10)14/h8,13H,2-7H2,1H3,(H2,10,14). The van der Waals surface area contributed by atoms with Crippen molar-refractivity contribution in [1.82, 2.24) is 9.80 Å². The number of nitrogens with zero attached hydrogens (tertiary/aromatic N) is 2. The van der Waals surface area contributed by atoms with Gasteiger partial charge in [0.25, 0.3) is 0 Å². The summed E-state index contributed by atoms with van der Waals surface area (Å²) in [7, 11) is 1.96. The van der Waals surface area contributed by atoms with Gasteiger partial charge < -0.3 is 15.7 Å². The van der Waals surface area contributed by atoms with Gasteiger partial charge in [-0.2, -0.15) is 0 Å². The number of likely N-dealkylation sites (N-methyl/N-ethyl adjacent to an activating group) is 1. The predicted molar refractivity (Wildman–Crippen MR) is 53.9 cm³/mol. The Hall–Kier alpha value is -0.810. The normalized spacial score (nSPS) is 22.8. The highest BCUT2D eigenvalue weighted by atomic mass is 16.3. The minimum absolute atomic E-state index is 0.156. The number of piperidine rings is 1. The Morgan fingerprint density at radius 2 is 2.43 bits per heavy atom. The predicted octanol–water partition coefficient (Wildman–Crippen LogP) is -0.546. The van der Waals surface area contributed by atoms with Crippen molar-refractivity contribution < 1.29 is 9.90 Å². The molecule has 0 aliphatic carbocycles. The van der Waals surface area contributed by atoms with Crippen LogP contribution >= 0.6 is 0 Å². The van der Waals surface area contributed by atoms with Crippen LogP contribution in [0.25, 0.3) is 0 Å². The molecule has 1 aliphatic heterocycles. The number of carbonyl (C=O) groups excluding carboxylic acids is 1. The van der Waals surface area contributed by atoms with E-state index in [0.717, 1.165) is 19.4 Å². The maximum atomic E-state index is 11.0. The molecule has 1 rings (SSSR count). The fourth-order valence-electron chi connectivity index (χ4n) is 1.85. The number of hydrogen-bond donors (Lipinski definition) is 2. The fourth-order valence-corrected chi connectivity index (χ4v) is 1.85. The Labute approximate surface area is 84.5 Å². The molecular weight excluding hydrogens is 182 g/mol. The summed E-state index contributed by atoms with van der Waals surface area (Å²) >= 11 is 0. The number of carbonyl (C=O) groups is 1. The number of nitrogens with two attached hydrogens (primary N) is 1. The average molecular weight is 201 g/mol. The van der Waals surface area contributed by atoms with Crippen molar-refractivity contribution >= 4 is 6.03 Å². The van der Waals surface area contributed by atoms with Crippen molar-refractivity contribution in [3.8, 4) is 0 Å². The first-order chi connectivity index (χ1) is 6.65. The molecular formula is C9H19N3O2. The summed E-state index contributed by atoms with van der Waals surface area (Å²) in [4.78, 5) is 14.7. The van der Waals surface area contributed by atoms with Crippen molar-refractivity contribution in [2.45, 2.75) is 18.9 Å². The topological polar surface area (TPSA) is 69.8 Å². The third-order valence-corrected chi connectivity index (χ3v) is 2.78. The van der Waals surface area contributed by atoms with Gasteiger partial charge in [0.1, 0.15) is 0 Å². The molecule has 14 heavy (non-hydrogen) atoms. The summed E-state index contributed by atoms with van der Waals surface area (Å²) in [5.41, 5.74) is 5.22. The van der Waals surface area contributed by atoms with Crippen molar-refractivity contribution in [1.29, 1.82) is 0 Å². The summed E-state index contributed by atoms with van der Waals surface area (Å²) < 4.78 is 0. The van der Waals surface area contributed by atoms with E-state index in [1.807, 2.05) is 7.05 Å². The molecule has 0 saturated carbocycles. The molecule has 0 radical (unpaired) electrons. The first kappa shape index (κ1) is 11.3. The van der Waals surface area contributed by atoms with E-state index in [4.69, 9.17) is 10.8 Å². The lowest BCUT2D eigenvalue weighted by Crippen LogP contribution is -2.50. The van der Waals surface area contributed by atoms with Crippen LogP contribution < -0.4 is 5.73 Å². The molecule has 0 aromatic carbocycles. The van der Waals surface area contributed by atoms with Gasteiger partial charge in [-0.3, -0.25) is 4.90 Å². The largest absolute Gasteiger partial charge is 0.395 e. The molecule has 0 spiro atoms. The van der Waals surface area contributed by atoms with E-state index in [9.17, 15) is 4.79 Å². The van der Waals surface area contributed by atoms with Gasteiger partial charge in [-0.05, 0) is 19.9 Å². The lowest BCUT2D eigenvalue weighted by molar-refractivity contribution is 0.114. The monoisotopic (exact) mass is 201 g/mol. The second-order valence-corrected chi connectivity index (χ2v) is 3.78. The van der Waals surface area contributed by atoms with Crippen LogP contribution in [0.5, 0.6) is 0 Å². The van der Waals surface area contributed by atoms with E-state index in [2.05, 4.69) is 4.90 Å². The average Bonchev–Trinajstić information content (AvgIpc) is 2.18. The fraction of sp³-hybridized carbons (Fsp3) is 0.889. The summed E-state index contributed by atoms with van der Waals surface area (Å²) in [5.74, 6) is 0. The number of primary amides is 1. The molecule has 5 heteroatoms. The minimum Gasteiger partial charge on any atom is -0.395 e. The zero-order valence-electron chi connectivity index (χ0n) is 8.65. The van der Waals surface area contributed by atoms with E-state index in [0.29, 0.717) is 19.1 Å². The lowest BCUT2D eigenvalue weighted by atomic mass is 10.1. The van der Waals surface area contributed by atoms with Gasteiger partial charge in [0.2, 0.25) is 0 Å². The van der Waals surface area contributed by atoms with Crippen molar-refractivity contribution in [2.24, 2.45) is 5.73 Å². The maximum absolute atomic E-state index is 11.0. The number of amides is 2. The summed E-state index contributed by atoms with van der Waals surface area (Å²) in [6.45, 7) is 2.26. The number of rotatable bonds is 3. The van der Waals surface area contributed by atoms with Crippen LogP contribution in [0, 0.1) is 0 Å². The molecule has 0 aromatic rings. The van der Waals surface area contributed by atoms with E-state index >= 15 is 0 Å². The highest BCUT2D eigenvalue weighted by molar-refractivity contribution is 5.72. The number of urea groups is 1. The van der Waals surface area contributed by atoms with Gasteiger partial charge in [0.05, 0.1) is 6.61 Å².